The second-order valence-corrected chi connectivity index (χ2v) is 5.61. The number of halogens is 1. The maximum atomic E-state index is 4.44. The van der Waals surface area contributed by atoms with Crippen molar-refractivity contribution in [3.63, 3.8) is 0 Å². The number of aromatic nitrogens is 2. The van der Waals surface area contributed by atoms with Gasteiger partial charge in [-0.15, -0.1) is 0 Å². The molecule has 0 fully saturated rings. The number of hydrogen-bond acceptors (Lipinski definition) is 1. The molecule has 3 heteroatoms. The maximum absolute atomic E-state index is 4.44. The molecule has 100 valence electrons. The van der Waals surface area contributed by atoms with Crippen LogP contribution in [-0.2, 0) is 7.05 Å². The van der Waals surface area contributed by atoms with Crippen molar-refractivity contribution in [3.8, 4) is 22.4 Å². The van der Waals surface area contributed by atoms with Crippen LogP contribution in [0.5, 0.6) is 0 Å². The van der Waals surface area contributed by atoms with Gasteiger partial charge in [-0.1, -0.05) is 54.6 Å². The minimum absolute atomic E-state index is 1.01. The highest BCUT2D eigenvalue weighted by Crippen LogP contribution is 2.31. The van der Waals surface area contributed by atoms with Crippen LogP contribution in [0.1, 0.15) is 5.69 Å². The molecule has 3 rings (SSSR count). The first-order chi connectivity index (χ1) is 9.66. The third kappa shape index (κ3) is 2.29. The van der Waals surface area contributed by atoms with Gasteiger partial charge >= 0.3 is 0 Å². The molecule has 0 amide bonds. The fourth-order valence-electron chi connectivity index (χ4n) is 2.40. The lowest BCUT2D eigenvalue weighted by atomic mass is 10.0. The number of hydrogen-bond donors (Lipinski definition) is 0. The summed E-state index contributed by atoms with van der Waals surface area (Å²) in [5.41, 5.74) is 5.75. The van der Waals surface area contributed by atoms with Crippen molar-refractivity contribution in [2.24, 2.45) is 7.05 Å². The molecule has 0 radical (unpaired) electrons. The molecule has 1 aromatic heterocycles. The fourth-order valence-corrected chi connectivity index (χ4v) is 2.96. The molecule has 0 aliphatic heterocycles. The van der Waals surface area contributed by atoms with Crippen molar-refractivity contribution in [2.45, 2.75) is 6.92 Å². The minimum Gasteiger partial charge on any atom is -0.266 e. The minimum atomic E-state index is 1.01. The van der Waals surface area contributed by atoms with E-state index >= 15 is 0 Å². The summed E-state index contributed by atoms with van der Waals surface area (Å²) < 4.78 is 2.98. The second kappa shape index (κ2) is 5.25. The van der Waals surface area contributed by atoms with Crippen LogP contribution in [0, 0.1) is 6.92 Å². The normalized spacial score (nSPS) is 10.8. The average Bonchev–Trinajstić information content (AvgIpc) is 2.73. The van der Waals surface area contributed by atoms with Crippen LogP contribution in [0.2, 0.25) is 0 Å². The Labute approximate surface area is 127 Å². The smallest absolute Gasteiger partial charge is 0.0824 e. The number of nitrogens with zero attached hydrogens (tertiary/aromatic N) is 2. The number of rotatable bonds is 2. The lowest BCUT2D eigenvalue weighted by Crippen LogP contribution is -1.93. The maximum Gasteiger partial charge on any atom is 0.0824 e. The zero-order valence-electron chi connectivity index (χ0n) is 11.5. The molecular weight excluding hydrogens is 312 g/mol. The van der Waals surface area contributed by atoms with Crippen LogP contribution in [-0.4, -0.2) is 9.78 Å². The zero-order chi connectivity index (χ0) is 14.1. The average molecular weight is 327 g/mol. The number of benzene rings is 2. The molecule has 1 heterocycles. The lowest BCUT2D eigenvalue weighted by molar-refractivity contribution is 0.764. The highest BCUT2D eigenvalue weighted by molar-refractivity contribution is 9.10. The summed E-state index contributed by atoms with van der Waals surface area (Å²) in [6.45, 7) is 2.01. The van der Waals surface area contributed by atoms with Gasteiger partial charge < -0.3 is 0 Å². The first-order valence-corrected chi connectivity index (χ1v) is 7.31. The molecule has 0 saturated carbocycles. The molecular formula is C17H15BrN2. The first kappa shape index (κ1) is 13.1. The van der Waals surface area contributed by atoms with Crippen LogP contribution >= 0.6 is 15.9 Å². The van der Waals surface area contributed by atoms with Gasteiger partial charge in [-0.25, -0.2) is 0 Å². The highest BCUT2D eigenvalue weighted by atomic mass is 79.9. The Balaban J connectivity index is 2.02. The summed E-state index contributed by atoms with van der Waals surface area (Å²) in [6, 6.07) is 19.0. The van der Waals surface area contributed by atoms with Crippen molar-refractivity contribution in [1.29, 1.82) is 0 Å². The van der Waals surface area contributed by atoms with Crippen LogP contribution < -0.4 is 0 Å². The van der Waals surface area contributed by atoms with Gasteiger partial charge in [0, 0.05) is 12.6 Å². The quantitative estimate of drug-likeness (QED) is 0.659. The molecule has 0 bridgehead atoms. The summed E-state index contributed by atoms with van der Waals surface area (Å²) >= 11 is 3.62. The van der Waals surface area contributed by atoms with Gasteiger partial charge in [0.15, 0.2) is 0 Å². The van der Waals surface area contributed by atoms with Gasteiger partial charge in [-0.3, -0.25) is 4.68 Å². The van der Waals surface area contributed by atoms with Gasteiger partial charge in [-0.2, -0.15) is 5.10 Å². The number of aryl methyl sites for hydroxylation is 2. The van der Waals surface area contributed by atoms with Crippen molar-refractivity contribution < 1.29 is 0 Å². The van der Waals surface area contributed by atoms with E-state index < -0.39 is 0 Å². The van der Waals surface area contributed by atoms with E-state index in [1.54, 1.807) is 0 Å². The molecule has 0 atom stereocenters. The van der Waals surface area contributed by atoms with Crippen LogP contribution in [0.15, 0.2) is 59.1 Å². The van der Waals surface area contributed by atoms with Crippen LogP contribution in [0.25, 0.3) is 22.4 Å². The van der Waals surface area contributed by atoms with Gasteiger partial charge in [0.2, 0.25) is 0 Å². The van der Waals surface area contributed by atoms with Crippen molar-refractivity contribution in [1.82, 2.24) is 9.78 Å². The van der Waals surface area contributed by atoms with E-state index in [0.29, 0.717) is 0 Å². The van der Waals surface area contributed by atoms with E-state index in [1.165, 1.54) is 16.7 Å². The summed E-state index contributed by atoms with van der Waals surface area (Å²) in [7, 11) is 1.97. The summed E-state index contributed by atoms with van der Waals surface area (Å²) in [5, 5.41) is 4.44. The lowest BCUT2D eigenvalue weighted by Gasteiger charge is -2.06. The Kier molecular flexibility index (Phi) is 3.45. The van der Waals surface area contributed by atoms with E-state index in [1.807, 2.05) is 24.7 Å². The van der Waals surface area contributed by atoms with E-state index in [9.17, 15) is 0 Å². The van der Waals surface area contributed by atoms with Gasteiger partial charge in [0.25, 0.3) is 0 Å². The highest BCUT2D eigenvalue weighted by Gasteiger charge is 2.12. The monoisotopic (exact) mass is 326 g/mol. The van der Waals surface area contributed by atoms with Crippen molar-refractivity contribution >= 4 is 15.9 Å². The van der Waals surface area contributed by atoms with E-state index in [4.69, 9.17) is 0 Å². The second-order valence-electron chi connectivity index (χ2n) is 4.81. The SMILES string of the molecule is Cc1nn(C)c(-c2ccc(-c3ccccc3)cc2)c1Br. The third-order valence-electron chi connectivity index (χ3n) is 3.41. The third-order valence-corrected chi connectivity index (χ3v) is 4.36. The summed E-state index contributed by atoms with van der Waals surface area (Å²) in [5.74, 6) is 0. The molecule has 0 spiro atoms. The molecule has 2 nitrogen and oxygen atoms in total. The summed E-state index contributed by atoms with van der Waals surface area (Å²) in [4.78, 5) is 0. The zero-order valence-corrected chi connectivity index (χ0v) is 13.1. The van der Waals surface area contributed by atoms with Crippen molar-refractivity contribution in [2.75, 3.05) is 0 Å². The molecule has 0 unspecified atom stereocenters. The van der Waals surface area contributed by atoms with Gasteiger partial charge in [-0.05, 0) is 34.0 Å². The van der Waals surface area contributed by atoms with Crippen molar-refractivity contribution in [3.05, 3.63) is 64.8 Å². The van der Waals surface area contributed by atoms with Crippen LogP contribution in [0.4, 0.5) is 0 Å². The van der Waals surface area contributed by atoms with Gasteiger partial charge in [0.05, 0.1) is 15.9 Å². The molecule has 0 aliphatic carbocycles. The Morgan fingerprint density at radius 2 is 1.40 bits per heavy atom. The molecule has 3 aromatic rings. The predicted octanol–water partition coefficient (Wildman–Crippen LogP) is 4.83. The Morgan fingerprint density at radius 3 is 1.95 bits per heavy atom. The van der Waals surface area contributed by atoms with E-state index in [2.05, 4.69) is 69.6 Å². The molecule has 0 saturated heterocycles. The Bertz CT molecular complexity index is 728. The molecule has 0 N–H and O–H groups in total. The molecule has 20 heavy (non-hydrogen) atoms. The predicted molar refractivity (Wildman–Crippen MR) is 86.5 cm³/mol. The fraction of sp³-hybridized carbons (Fsp3) is 0.118. The van der Waals surface area contributed by atoms with Gasteiger partial charge in [0.1, 0.15) is 0 Å². The molecule has 0 aliphatic rings. The summed E-state index contributed by atoms with van der Waals surface area (Å²) in [6.07, 6.45) is 0. The largest absolute Gasteiger partial charge is 0.266 e. The first-order valence-electron chi connectivity index (χ1n) is 6.52. The Morgan fingerprint density at radius 1 is 0.850 bits per heavy atom. The Hall–Kier alpha value is -1.87. The van der Waals surface area contributed by atoms with E-state index in [0.717, 1.165) is 15.9 Å². The molecule has 2 aromatic carbocycles. The van der Waals surface area contributed by atoms with E-state index in [-0.39, 0.29) is 0 Å². The van der Waals surface area contributed by atoms with Crippen LogP contribution in [0.3, 0.4) is 0 Å². The topological polar surface area (TPSA) is 17.8 Å². The standard InChI is InChI=1S/C17H15BrN2/c1-12-16(18)17(20(2)19-12)15-10-8-14(9-11-15)13-6-4-3-5-7-13/h3-11H,1-2H3.